The molecule has 0 aliphatic heterocycles. The summed E-state index contributed by atoms with van der Waals surface area (Å²) in [6, 6.07) is 1.89. The van der Waals surface area contributed by atoms with E-state index in [1.54, 1.807) is 0 Å². The fourth-order valence-corrected chi connectivity index (χ4v) is 2.48. The molecule has 0 aromatic carbocycles. The van der Waals surface area contributed by atoms with Crippen LogP contribution in [0.3, 0.4) is 0 Å². The number of carboxylic acids is 1. The van der Waals surface area contributed by atoms with E-state index >= 15 is 0 Å². The largest absolute Gasteiger partial charge is 0.478 e. The second kappa shape index (κ2) is 5.57. The smallest absolute Gasteiger partial charge is 0.337 e. The van der Waals surface area contributed by atoms with E-state index in [0.717, 1.165) is 18.8 Å². The fraction of sp³-hybridized carbons (Fsp3) is 0.538. The van der Waals surface area contributed by atoms with Crippen molar-refractivity contribution in [2.75, 3.05) is 5.32 Å². The molecule has 2 N–H and O–H groups in total. The Hall–Kier alpha value is -1.29. The summed E-state index contributed by atoms with van der Waals surface area (Å²) in [5.41, 5.74) is 0.0957. The highest BCUT2D eigenvalue weighted by atomic mass is 35.5. The highest BCUT2D eigenvalue weighted by Crippen LogP contribution is 2.26. The zero-order chi connectivity index (χ0) is 13.1. The quantitative estimate of drug-likeness (QED) is 0.882. The minimum absolute atomic E-state index is 0.0957. The van der Waals surface area contributed by atoms with Gasteiger partial charge in [-0.15, -0.1) is 0 Å². The summed E-state index contributed by atoms with van der Waals surface area (Å²) in [5.74, 6) is 0.356. The lowest BCUT2D eigenvalue weighted by Crippen LogP contribution is -2.25. The lowest BCUT2D eigenvalue weighted by molar-refractivity contribution is 0.0697. The maximum absolute atomic E-state index is 11.0. The Bertz CT molecular complexity index is 443. The van der Waals surface area contributed by atoms with E-state index in [4.69, 9.17) is 16.7 Å². The zero-order valence-corrected chi connectivity index (χ0v) is 11.1. The molecule has 98 valence electrons. The van der Waals surface area contributed by atoms with Crippen molar-refractivity contribution in [3.8, 4) is 0 Å². The van der Waals surface area contributed by atoms with Crippen LogP contribution in [-0.2, 0) is 0 Å². The molecule has 1 saturated carbocycles. The third-order valence-electron chi connectivity index (χ3n) is 3.45. The summed E-state index contributed by atoms with van der Waals surface area (Å²) < 4.78 is 0. The van der Waals surface area contributed by atoms with Crippen LogP contribution >= 0.6 is 11.6 Å². The van der Waals surface area contributed by atoms with Crippen molar-refractivity contribution in [2.24, 2.45) is 5.92 Å². The van der Waals surface area contributed by atoms with E-state index in [9.17, 15) is 4.79 Å². The molecule has 1 fully saturated rings. The monoisotopic (exact) mass is 268 g/mol. The summed E-state index contributed by atoms with van der Waals surface area (Å²) >= 11 is 5.78. The van der Waals surface area contributed by atoms with Crippen LogP contribution in [0, 0.1) is 5.92 Å². The van der Waals surface area contributed by atoms with Crippen molar-refractivity contribution < 1.29 is 9.90 Å². The molecule has 1 aromatic rings. The van der Waals surface area contributed by atoms with E-state index < -0.39 is 5.97 Å². The van der Waals surface area contributed by atoms with Crippen molar-refractivity contribution in [1.29, 1.82) is 0 Å². The van der Waals surface area contributed by atoms with Gasteiger partial charge in [0, 0.05) is 12.2 Å². The first-order valence-electron chi connectivity index (χ1n) is 6.21. The van der Waals surface area contributed by atoms with Crippen LogP contribution in [0.4, 0.5) is 5.82 Å². The standard InChI is InChI=1S/C13H17ClN2O2/c1-8-2-4-9(5-3-8)16-12-6-10(13(17)18)11(14)7-15-12/h6-9H,2-5H2,1H3,(H,15,16)(H,17,18). The van der Waals surface area contributed by atoms with Gasteiger partial charge in [-0.1, -0.05) is 18.5 Å². The van der Waals surface area contributed by atoms with Crippen molar-refractivity contribution >= 4 is 23.4 Å². The molecule has 0 radical (unpaired) electrons. The molecule has 0 spiro atoms. The molecule has 1 heterocycles. The lowest BCUT2D eigenvalue weighted by Gasteiger charge is -2.27. The van der Waals surface area contributed by atoms with Crippen LogP contribution in [0.1, 0.15) is 43.0 Å². The summed E-state index contributed by atoms with van der Waals surface area (Å²) in [4.78, 5) is 15.1. The van der Waals surface area contributed by atoms with Gasteiger partial charge in [0.25, 0.3) is 0 Å². The van der Waals surface area contributed by atoms with Crippen molar-refractivity contribution in [1.82, 2.24) is 4.98 Å². The van der Waals surface area contributed by atoms with Gasteiger partial charge in [-0.3, -0.25) is 0 Å². The SMILES string of the molecule is CC1CCC(Nc2cc(C(=O)O)c(Cl)cn2)CC1. The number of rotatable bonds is 3. The van der Waals surface area contributed by atoms with E-state index in [2.05, 4.69) is 17.2 Å². The van der Waals surface area contributed by atoms with Crippen LogP contribution in [0.2, 0.25) is 5.02 Å². The number of aromatic carboxylic acids is 1. The fourth-order valence-electron chi connectivity index (χ4n) is 2.30. The van der Waals surface area contributed by atoms with E-state index in [1.807, 2.05) is 0 Å². The average molecular weight is 269 g/mol. The second-order valence-corrected chi connectivity index (χ2v) is 5.36. The van der Waals surface area contributed by atoms with E-state index in [1.165, 1.54) is 25.1 Å². The topological polar surface area (TPSA) is 62.2 Å². The summed E-state index contributed by atoms with van der Waals surface area (Å²) in [6.07, 6.45) is 6.01. The molecule has 1 aliphatic carbocycles. The summed E-state index contributed by atoms with van der Waals surface area (Å²) in [5, 5.41) is 12.5. The zero-order valence-electron chi connectivity index (χ0n) is 10.3. The first-order valence-corrected chi connectivity index (χ1v) is 6.59. The maximum atomic E-state index is 11.0. The van der Waals surface area contributed by atoms with Gasteiger partial charge in [0.2, 0.25) is 0 Å². The lowest BCUT2D eigenvalue weighted by atomic mass is 9.87. The van der Waals surface area contributed by atoms with Gasteiger partial charge in [0.15, 0.2) is 0 Å². The molecule has 4 nitrogen and oxygen atoms in total. The van der Waals surface area contributed by atoms with Crippen molar-refractivity contribution in [3.63, 3.8) is 0 Å². The average Bonchev–Trinajstić information content (AvgIpc) is 2.34. The Morgan fingerprint density at radius 2 is 2.11 bits per heavy atom. The summed E-state index contributed by atoms with van der Waals surface area (Å²) in [6.45, 7) is 2.26. The van der Waals surface area contributed by atoms with Crippen LogP contribution in [-0.4, -0.2) is 22.1 Å². The number of aromatic nitrogens is 1. The predicted molar refractivity (Wildman–Crippen MR) is 71.2 cm³/mol. The third-order valence-corrected chi connectivity index (χ3v) is 3.75. The number of halogens is 1. The number of hydrogen-bond donors (Lipinski definition) is 2. The Balaban J connectivity index is 2.05. The molecule has 0 bridgehead atoms. The van der Waals surface area contributed by atoms with Gasteiger partial charge in [-0.2, -0.15) is 0 Å². The Morgan fingerprint density at radius 1 is 1.44 bits per heavy atom. The number of pyridine rings is 1. The van der Waals surface area contributed by atoms with Gasteiger partial charge in [-0.05, 0) is 37.7 Å². The van der Waals surface area contributed by atoms with Gasteiger partial charge in [0.05, 0.1) is 10.6 Å². The van der Waals surface area contributed by atoms with Crippen LogP contribution < -0.4 is 5.32 Å². The molecule has 0 atom stereocenters. The molecule has 1 aliphatic rings. The second-order valence-electron chi connectivity index (χ2n) is 4.96. The molecular formula is C13H17ClN2O2. The minimum Gasteiger partial charge on any atom is -0.478 e. The van der Waals surface area contributed by atoms with Crippen LogP contribution in [0.5, 0.6) is 0 Å². The molecule has 2 rings (SSSR count). The van der Waals surface area contributed by atoms with Crippen LogP contribution in [0.15, 0.2) is 12.3 Å². The van der Waals surface area contributed by atoms with E-state index in [0.29, 0.717) is 11.9 Å². The summed E-state index contributed by atoms with van der Waals surface area (Å²) in [7, 11) is 0. The molecule has 0 saturated heterocycles. The first-order chi connectivity index (χ1) is 8.56. The molecule has 5 heteroatoms. The number of carbonyl (C=O) groups is 1. The van der Waals surface area contributed by atoms with Crippen molar-refractivity contribution in [2.45, 2.75) is 38.6 Å². The molecule has 0 unspecified atom stereocenters. The van der Waals surface area contributed by atoms with E-state index in [-0.39, 0.29) is 10.6 Å². The number of carboxylic acid groups (broad SMARTS) is 1. The number of anilines is 1. The Kier molecular flexibility index (Phi) is 4.07. The predicted octanol–water partition coefficient (Wildman–Crippen LogP) is 3.42. The minimum atomic E-state index is -1.03. The molecule has 0 amide bonds. The van der Waals surface area contributed by atoms with Gasteiger partial charge in [0.1, 0.15) is 5.82 Å². The Labute approximate surface area is 111 Å². The highest BCUT2D eigenvalue weighted by molar-refractivity contribution is 6.33. The van der Waals surface area contributed by atoms with Gasteiger partial charge in [-0.25, -0.2) is 9.78 Å². The molecule has 1 aromatic heterocycles. The third kappa shape index (κ3) is 3.13. The number of nitrogens with zero attached hydrogens (tertiary/aromatic N) is 1. The normalized spacial score (nSPS) is 23.7. The van der Waals surface area contributed by atoms with Crippen LogP contribution in [0.25, 0.3) is 0 Å². The highest BCUT2D eigenvalue weighted by Gasteiger charge is 2.19. The number of hydrogen-bond acceptors (Lipinski definition) is 3. The first kappa shape index (κ1) is 13.1. The maximum Gasteiger partial charge on any atom is 0.337 e. The van der Waals surface area contributed by atoms with Crippen molar-refractivity contribution in [3.05, 3.63) is 22.8 Å². The Morgan fingerprint density at radius 3 is 2.72 bits per heavy atom. The number of nitrogens with one attached hydrogen (secondary N) is 1. The van der Waals surface area contributed by atoms with Gasteiger partial charge < -0.3 is 10.4 Å². The molecular weight excluding hydrogens is 252 g/mol. The molecule has 18 heavy (non-hydrogen) atoms. The van der Waals surface area contributed by atoms with Gasteiger partial charge >= 0.3 is 5.97 Å².